The van der Waals surface area contributed by atoms with E-state index in [-0.39, 0.29) is 12.1 Å². The molecule has 1 aromatic rings. The second-order valence-corrected chi connectivity index (χ2v) is 5.73. The average Bonchev–Trinajstić information content (AvgIpc) is 2.57. The normalized spacial score (nSPS) is 28.7. The lowest BCUT2D eigenvalue weighted by Crippen LogP contribution is -2.25. The molecule has 4 heteroatoms. The summed E-state index contributed by atoms with van der Waals surface area (Å²) in [5.41, 5.74) is 8.68. The number of fused-ring (bicyclic) bond motifs is 1. The van der Waals surface area contributed by atoms with Crippen molar-refractivity contribution < 1.29 is 5.11 Å². The van der Waals surface area contributed by atoms with Crippen LogP contribution in [-0.2, 0) is 12.8 Å². The van der Waals surface area contributed by atoms with Gasteiger partial charge in [-0.1, -0.05) is 19.3 Å². The minimum absolute atomic E-state index is 0.0955. The zero-order valence-corrected chi connectivity index (χ0v) is 10.9. The summed E-state index contributed by atoms with van der Waals surface area (Å²) in [4.78, 5) is 0. The Morgan fingerprint density at radius 3 is 2.67 bits per heavy atom. The fourth-order valence-corrected chi connectivity index (χ4v) is 3.40. The van der Waals surface area contributed by atoms with E-state index in [0.29, 0.717) is 0 Å². The van der Waals surface area contributed by atoms with Crippen LogP contribution in [0.3, 0.4) is 0 Å². The van der Waals surface area contributed by atoms with Crippen LogP contribution in [0.1, 0.15) is 62.2 Å². The minimum Gasteiger partial charge on any atom is -0.391 e. The summed E-state index contributed by atoms with van der Waals surface area (Å²) in [7, 11) is 0. The van der Waals surface area contributed by atoms with Gasteiger partial charge in [-0.05, 0) is 38.5 Å². The second-order valence-electron chi connectivity index (χ2n) is 5.73. The van der Waals surface area contributed by atoms with Crippen molar-refractivity contribution in [2.45, 2.75) is 69.9 Å². The first-order valence-electron chi connectivity index (χ1n) is 7.31. The van der Waals surface area contributed by atoms with E-state index < -0.39 is 0 Å². The molecule has 0 spiro atoms. The summed E-state index contributed by atoms with van der Waals surface area (Å²) in [6, 6.07) is 0.0955. The Labute approximate surface area is 108 Å². The molecule has 100 valence electrons. The summed E-state index contributed by atoms with van der Waals surface area (Å²) in [6.07, 6.45) is 9.67. The average molecular weight is 249 g/mol. The Morgan fingerprint density at radius 1 is 1.06 bits per heavy atom. The van der Waals surface area contributed by atoms with Crippen LogP contribution >= 0.6 is 0 Å². The van der Waals surface area contributed by atoms with Crippen molar-refractivity contribution in [2.75, 3.05) is 5.73 Å². The molecule has 0 amide bonds. The third kappa shape index (κ3) is 2.03. The van der Waals surface area contributed by atoms with Crippen LogP contribution in [0.25, 0.3) is 0 Å². The van der Waals surface area contributed by atoms with Crippen LogP contribution in [0.15, 0.2) is 0 Å². The van der Waals surface area contributed by atoms with Gasteiger partial charge in [0.15, 0.2) is 0 Å². The zero-order valence-electron chi connectivity index (χ0n) is 10.9. The van der Waals surface area contributed by atoms with Crippen LogP contribution in [0, 0.1) is 0 Å². The van der Waals surface area contributed by atoms with Crippen LogP contribution in [-0.4, -0.2) is 21.0 Å². The molecule has 1 aromatic heterocycles. The monoisotopic (exact) mass is 249 g/mol. The van der Waals surface area contributed by atoms with Gasteiger partial charge < -0.3 is 10.8 Å². The fraction of sp³-hybridized carbons (Fsp3) is 0.786. The maximum atomic E-state index is 10.3. The molecule has 2 unspecified atom stereocenters. The molecule has 18 heavy (non-hydrogen) atoms. The van der Waals surface area contributed by atoms with Crippen LogP contribution in [0.5, 0.6) is 0 Å². The molecule has 3 N–H and O–H groups in total. The molecule has 0 aromatic carbocycles. The Morgan fingerprint density at radius 2 is 1.83 bits per heavy atom. The van der Waals surface area contributed by atoms with Gasteiger partial charge in [0.25, 0.3) is 0 Å². The third-order valence-electron chi connectivity index (χ3n) is 4.48. The summed E-state index contributed by atoms with van der Waals surface area (Å²) in [6.45, 7) is 0. The number of rotatable bonds is 1. The number of nitrogens with two attached hydrogens (primary N) is 1. The van der Waals surface area contributed by atoms with Crippen LogP contribution in [0.2, 0.25) is 0 Å². The van der Waals surface area contributed by atoms with E-state index in [0.717, 1.165) is 37.9 Å². The van der Waals surface area contributed by atoms with Gasteiger partial charge >= 0.3 is 0 Å². The van der Waals surface area contributed by atoms with E-state index >= 15 is 0 Å². The number of nitrogens with zero attached hydrogens (tertiary/aromatic N) is 2. The van der Waals surface area contributed by atoms with E-state index in [1.54, 1.807) is 0 Å². The van der Waals surface area contributed by atoms with Gasteiger partial charge in [-0.15, -0.1) is 0 Å². The predicted molar refractivity (Wildman–Crippen MR) is 71.4 cm³/mol. The highest BCUT2D eigenvalue weighted by atomic mass is 16.3. The number of hydrogen-bond acceptors (Lipinski definition) is 3. The third-order valence-corrected chi connectivity index (χ3v) is 4.48. The second kappa shape index (κ2) is 4.92. The van der Waals surface area contributed by atoms with E-state index in [4.69, 9.17) is 10.8 Å². The highest BCUT2D eigenvalue weighted by Gasteiger charge is 2.28. The van der Waals surface area contributed by atoms with Crippen molar-refractivity contribution in [1.29, 1.82) is 0 Å². The molecule has 0 saturated heterocycles. The van der Waals surface area contributed by atoms with Crippen molar-refractivity contribution in [2.24, 2.45) is 0 Å². The lowest BCUT2D eigenvalue weighted by molar-refractivity contribution is 0.1000. The van der Waals surface area contributed by atoms with Crippen LogP contribution < -0.4 is 5.73 Å². The van der Waals surface area contributed by atoms with E-state index in [1.807, 2.05) is 4.68 Å². The molecule has 3 rings (SSSR count). The predicted octanol–water partition coefficient (Wildman–Crippen LogP) is 2.21. The quantitative estimate of drug-likeness (QED) is 0.750. The molecule has 0 aliphatic heterocycles. The molecule has 1 saturated carbocycles. The van der Waals surface area contributed by atoms with Crippen molar-refractivity contribution in [3.05, 3.63) is 11.3 Å². The molecule has 2 aliphatic carbocycles. The van der Waals surface area contributed by atoms with Crippen molar-refractivity contribution in [1.82, 2.24) is 9.78 Å². The molecule has 1 fully saturated rings. The maximum absolute atomic E-state index is 10.3. The van der Waals surface area contributed by atoms with Gasteiger partial charge in [0.2, 0.25) is 0 Å². The molecule has 1 heterocycles. The first-order valence-corrected chi connectivity index (χ1v) is 7.31. The zero-order chi connectivity index (χ0) is 12.5. The fourth-order valence-electron chi connectivity index (χ4n) is 3.40. The molecular weight excluding hydrogens is 226 g/mol. The largest absolute Gasteiger partial charge is 0.391 e. The van der Waals surface area contributed by atoms with E-state index in [1.165, 1.54) is 36.9 Å². The molecule has 4 nitrogen and oxygen atoms in total. The smallest absolute Gasteiger partial charge is 0.125 e. The molecule has 2 aliphatic rings. The number of aliphatic hydroxyl groups is 1. The Bertz CT molecular complexity index is 427. The Hall–Kier alpha value is -1.03. The maximum Gasteiger partial charge on any atom is 0.125 e. The van der Waals surface area contributed by atoms with Gasteiger partial charge in [0.1, 0.15) is 5.82 Å². The van der Waals surface area contributed by atoms with E-state index in [9.17, 15) is 5.11 Å². The van der Waals surface area contributed by atoms with E-state index in [2.05, 4.69) is 0 Å². The molecular formula is C14H23N3O. The Balaban J connectivity index is 1.92. The standard InChI is InChI=1S/C14H23N3O/c15-14-10-6-4-5-7-11(10)16-17(14)12-8-2-1-3-9-13(12)18/h12-13,18H,1-9,15H2. The topological polar surface area (TPSA) is 64.1 Å². The minimum atomic E-state index is -0.281. The number of aliphatic hydroxyl groups excluding tert-OH is 1. The number of aryl methyl sites for hydroxylation is 1. The summed E-state index contributed by atoms with van der Waals surface area (Å²) < 4.78 is 1.94. The molecule has 0 bridgehead atoms. The Kier molecular flexibility index (Phi) is 3.29. The van der Waals surface area contributed by atoms with Crippen molar-refractivity contribution in [3.8, 4) is 0 Å². The molecule has 0 radical (unpaired) electrons. The van der Waals surface area contributed by atoms with Crippen LogP contribution in [0.4, 0.5) is 5.82 Å². The number of nitrogen functional groups attached to an aromatic ring is 1. The first kappa shape index (κ1) is 12.0. The van der Waals surface area contributed by atoms with Gasteiger partial charge in [-0.2, -0.15) is 5.10 Å². The highest BCUT2D eigenvalue weighted by Crippen LogP contribution is 2.33. The SMILES string of the molecule is Nc1c2c(nn1C1CCCCCC1O)CCCC2. The lowest BCUT2D eigenvalue weighted by Gasteiger charge is -2.22. The summed E-state index contributed by atoms with van der Waals surface area (Å²) in [5, 5.41) is 15.0. The van der Waals surface area contributed by atoms with Gasteiger partial charge in [-0.25, -0.2) is 4.68 Å². The van der Waals surface area contributed by atoms with Gasteiger partial charge in [0, 0.05) is 5.56 Å². The lowest BCUT2D eigenvalue weighted by atomic mass is 9.97. The highest BCUT2D eigenvalue weighted by molar-refractivity contribution is 5.45. The number of aromatic nitrogens is 2. The van der Waals surface area contributed by atoms with Gasteiger partial charge in [-0.3, -0.25) is 0 Å². The van der Waals surface area contributed by atoms with Crippen molar-refractivity contribution >= 4 is 5.82 Å². The summed E-state index contributed by atoms with van der Waals surface area (Å²) in [5.74, 6) is 0.815. The van der Waals surface area contributed by atoms with Crippen molar-refractivity contribution in [3.63, 3.8) is 0 Å². The summed E-state index contributed by atoms with van der Waals surface area (Å²) >= 11 is 0. The number of anilines is 1. The number of hydrogen-bond donors (Lipinski definition) is 2. The molecule has 2 atom stereocenters. The van der Waals surface area contributed by atoms with Gasteiger partial charge in [0.05, 0.1) is 17.8 Å². The first-order chi connectivity index (χ1) is 8.77.